The van der Waals surface area contributed by atoms with Gasteiger partial charge in [-0.05, 0) is 48.0 Å². The lowest BCUT2D eigenvalue weighted by Gasteiger charge is -2.36. The van der Waals surface area contributed by atoms with Crippen molar-refractivity contribution in [2.24, 2.45) is 4.99 Å². The van der Waals surface area contributed by atoms with Gasteiger partial charge in [0, 0.05) is 31.9 Å². The second-order valence-corrected chi connectivity index (χ2v) is 7.49. The number of aliphatic imine (C=N–C) groups is 1. The van der Waals surface area contributed by atoms with Crippen molar-refractivity contribution in [3.63, 3.8) is 0 Å². The number of amides is 1. The average molecular weight is 363 g/mol. The average Bonchev–Trinajstić information content (AvgIpc) is 3.05. The first-order valence-corrected chi connectivity index (χ1v) is 9.65. The minimum absolute atomic E-state index is 0.126. The molecule has 2 aliphatic rings. The molecule has 26 heavy (non-hydrogen) atoms. The van der Waals surface area contributed by atoms with Gasteiger partial charge in [0.1, 0.15) is 0 Å². The van der Waals surface area contributed by atoms with E-state index in [1.165, 1.54) is 23.0 Å². The lowest BCUT2D eigenvalue weighted by Crippen LogP contribution is -2.47. The lowest BCUT2D eigenvalue weighted by atomic mass is 10.1. The van der Waals surface area contributed by atoms with Gasteiger partial charge in [-0.3, -0.25) is 4.79 Å². The van der Waals surface area contributed by atoms with E-state index >= 15 is 0 Å². The summed E-state index contributed by atoms with van der Waals surface area (Å²) in [4.78, 5) is 21.9. The van der Waals surface area contributed by atoms with Gasteiger partial charge in [0.25, 0.3) is 5.91 Å². The molecule has 0 radical (unpaired) electrons. The molecule has 0 aromatic heterocycles. The summed E-state index contributed by atoms with van der Waals surface area (Å²) in [6, 6.07) is 18.6. The smallest absolute Gasteiger partial charge is 0.286 e. The molecular formula is C21H21N3OS. The van der Waals surface area contributed by atoms with Crippen molar-refractivity contribution in [1.82, 2.24) is 4.90 Å². The van der Waals surface area contributed by atoms with Gasteiger partial charge < -0.3 is 9.80 Å². The predicted molar refractivity (Wildman–Crippen MR) is 109 cm³/mol. The van der Waals surface area contributed by atoms with E-state index in [1.54, 1.807) is 0 Å². The van der Waals surface area contributed by atoms with Gasteiger partial charge in [0.15, 0.2) is 5.17 Å². The largest absolute Gasteiger partial charge is 0.368 e. The SMILES string of the molecule is Cc1ccccc1C=C1SC(N2CCN(c3ccccc3)CC2)=NC1=O. The first kappa shape index (κ1) is 16.9. The molecule has 4 rings (SSSR count). The molecule has 2 aromatic carbocycles. The van der Waals surface area contributed by atoms with Crippen molar-refractivity contribution >= 4 is 34.6 Å². The Hall–Kier alpha value is -2.53. The number of aryl methyl sites for hydroxylation is 1. The van der Waals surface area contributed by atoms with Gasteiger partial charge >= 0.3 is 0 Å². The number of hydrogen-bond acceptors (Lipinski definition) is 4. The molecule has 2 aliphatic heterocycles. The summed E-state index contributed by atoms with van der Waals surface area (Å²) in [5.41, 5.74) is 3.50. The van der Waals surface area contributed by atoms with Gasteiger partial charge in [-0.15, -0.1) is 0 Å². The fourth-order valence-electron chi connectivity index (χ4n) is 3.22. The Kier molecular flexibility index (Phi) is 4.80. The molecular weight excluding hydrogens is 342 g/mol. The van der Waals surface area contributed by atoms with Crippen LogP contribution in [0.2, 0.25) is 0 Å². The zero-order valence-corrected chi connectivity index (χ0v) is 15.6. The number of anilines is 1. The van der Waals surface area contributed by atoms with Crippen molar-refractivity contribution in [1.29, 1.82) is 0 Å². The topological polar surface area (TPSA) is 35.9 Å². The Morgan fingerprint density at radius 3 is 2.31 bits per heavy atom. The van der Waals surface area contributed by atoms with Crippen LogP contribution in [0.1, 0.15) is 11.1 Å². The van der Waals surface area contributed by atoms with Crippen molar-refractivity contribution in [2.45, 2.75) is 6.92 Å². The van der Waals surface area contributed by atoms with E-state index in [9.17, 15) is 4.79 Å². The van der Waals surface area contributed by atoms with E-state index in [0.29, 0.717) is 4.91 Å². The number of amidine groups is 1. The van der Waals surface area contributed by atoms with Crippen molar-refractivity contribution in [3.8, 4) is 0 Å². The fourth-order valence-corrected chi connectivity index (χ4v) is 4.17. The summed E-state index contributed by atoms with van der Waals surface area (Å²) < 4.78 is 0. The number of piperazine rings is 1. The van der Waals surface area contributed by atoms with Crippen molar-refractivity contribution in [2.75, 3.05) is 31.1 Å². The number of carbonyl (C=O) groups is 1. The minimum atomic E-state index is -0.126. The summed E-state index contributed by atoms with van der Waals surface area (Å²) in [7, 11) is 0. The summed E-state index contributed by atoms with van der Waals surface area (Å²) in [5.74, 6) is -0.126. The normalized spacial score (nSPS) is 19.2. The highest BCUT2D eigenvalue weighted by Crippen LogP contribution is 2.31. The Bertz CT molecular complexity index is 868. The van der Waals surface area contributed by atoms with Gasteiger partial charge in [-0.2, -0.15) is 4.99 Å². The molecule has 0 spiro atoms. The standard InChI is InChI=1S/C21H21N3OS/c1-16-7-5-6-8-17(16)15-19-20(25)22-21(26-19)24-13-11-23(12-14-24)18-9-3-2-4-10-18/h2-10,15H,11-14H2,1H3. The first-order valence-electron chi connectivity index (χ1n) is 8.84. The highest BCUT2D eigenvalue weighted by atomic mass is 32.2. The van der Waals surface area contributed by atoms with Crippen LogP contribution in [0.5, 0.6) is 0 Å². The third-order valence-corrected chi connectivity index (χ3v) is 5.80. The Morgan fingerprint density at radius 1 is 0.923 bits per heavy atom. The van der Waals surface area contributed by atoms with Crippen LogP contribution in [0.25, 0.3) is 6.08 Å². The number of hydrogen-bond donors (Lipinski definition) is 0. The van der Waals surface area contributed by atoms with E-state index < -0.39 is 0 Å². The van der Waals surface area contributed by atoms with E-state index in [4.69, 9.17) is 0 Å². The minimum Gasteiger partial charge on any atom is -0.368 e. The second kappa shape index (κ2) is 7.38. The van der Waals surface area contributed by atoms with Gasteiger partial charge in [-0.1, -0.05) is 42.5 Å². The zero-order chi connectivity index (χ0) is 17.9. The van der Waals surface area contributed by atoms with E-state index in [-0.39, 0.29) is 5.91 Å². The van der Waals surface area contributed by atoms with Gasteiger partial charge in [0.2, 0.25) is 0 Å². The number of benzene rings is 2. The molecule has 0 bridgehead atoms. The lowest BCUT2D eigenvalue weighted by molar-refractivity contribution is -0.113. The van der Waals surface area contributed by atoms with Crippen LogP contribution >= 0.6 is 11.8 Å². The molecule has 4 nitrogen and oxygen atoms in total. The third-order valence-electron chi connectivity index (χ3n) is 4.76. The second-order valence-electron chi connectivity index (χ2n) is 6.48. The molecule has 2 heterocycles. The zero-order valence-electron chi connectivity index (χ0n) is 14.8. The number of thioether (sulfide) groups is 1. The molecule has 5 heteroatoms. The van der Waals surface area contributed by atoms with Crippen LogP contribution in [0, 0.1) is 6.92 Å². The molecule has 2 aromatic rings. The van der Waals surface area contributed by atoms with E-state index in [2.05, 4.69) is 52.0 Å². The quantitative estimate of drug-likeness (QED) is 0.761. The van der Waals surface area contributed by atoms with E-state index in [0.717, 1.165) is 36.9 Å². The highest BCUT2D eigenvalue weighted by molar-refractivity contribution is 8.18. The molecule has 132 valence electrons. The molecule has 1 saturated heterocycles. The molecule has 0 unspecified atom stereocenters. The monoisotopic (exact) mass is 363 g/mol. The molecule has 0 aliphatic carbocycles. The van der Waals surface area contributed by atoms with Crippen LogP contribution in [-0.2, 0) is 4.79 Å². The Labute approximate surface area is 158 Å². The van der Waals surface area contributed by atoms with Gasteiger partial charge in [0.05, 0.1) is 4.91 Å². The maximum Gasteiger partial charge on any atom is 0.286 e. The number of para-hydroxylation sites is 1. The Morgan fingerprint density at radius 2 is 1.58 bits per heavy atom. The molecule has 1 amide bonds. The third kappa shape index (κ3) is 3.53. The molecule has 0 N–H and O–H groups in total. The first-order chi connectivity index (χ1) is 12.7. The van der Waals surface area contributed by atoms with Crippen LogP contribution < -0.4 is 4.90 Å². The molecule has 0 saturated carbocycles. The molecule has 1 fully saturated rings. The van der Waals surface area contributed by atoms with Gasteiger partial charge in [-0.25, -0.2) is 0 Å². The maximum absolute atomic E-state index is 12.3. The predicted octanol–water partition coefficient (Wildman–Crippen LogP) is 3.79. The Balaban J connectivity index is 1.42. The summed E-state index contributed by atoms with van der Waals surface area (Å²) >= 11 is 1.49. The summed E-state index contributed by atoms with van der Waals surface area (Å²) in [5, 5.41) is 0.836. The van der Waals surface area contributed by atoms with E-state index in [1.807, 2.05) is 30.3 Å². The number of nitrogens with zero attached hydrogens (tertiary/aromatic N) is 3. The van der Waals surface area contributed by atoms with Crippen molar-refractivity contribution in [3.05, 3.63) is 70.6 Å². The van der Waals surface area contributed by atoms with Crippen LogP contribution in [0.4, 0.5) is 5.69 Å². The fraction of sp³-hybridized carbons (Fsp3) is 0.238. The highest BCUT2D eigenvalue weighted by Gasteiger charge is 2.28. The van der Waals surface area contributed by atoms with Crippen LogP contribution in [-0.4, -0.2) is 42.2 Å². The number of carbonyl (C=O) groups excluding carboxylic acids is 1. The van der Waals surface area contributed by atoms with Crippen molar-refractivity contribution < 1.29 is 4.79 Å². The number of rotatable bonds is 2. The molecule has 0 atom stereocenters. The summed E-state index contributed by atoms with van der Waals surface area (Å²) in [6.07, 6.45) is 1.96. The van der Waals surface area contributed by atoms with Crippen LogP contribution in [0.15, 0.2) is 64.5 Å². The maximum atomic E-state index is 12.3. The van der Waals surface area contributed by atoms with Crippen LogP contribution in [0.3, 0.4) is 0 Å². The summed E-state index contributed by atoms with van der Waals surface area (Å²) in [6.45, 7) is 5.70.